The number of hydrogen-bond acceptors (Lipinski definition) is 3. The van der Waals surface area contributed by atoms with Crippen LogP contribution in [0.4, 0.5) is 0 Å². The number of nitrogens with zero attached hydrogens (tertiary/aromatic N) is 2. The molecule has 2 aromatic rings. The number of aldehydes is 1. The molecule has 4 heteroatoms. The van der Waals surface area contributed by atoms with Crippen molar-refractivity contribution in [1.82, 2.24) is 9.38 Å². The first-order valence-electron chi connectivity index (χ1n) is 7.42. The first-order chi connectivity index (χ1) is 9.86. The van der Waals surface area contributed by atoms with Gasteiger partial charge >= 0.3 is 0 Å². The molecule has 108 valence electrons. The van der Waals surface area contributed by atoms with Crippen molar-refractivity contribution >= 4 is 11.9 Å². The van der Waals surface area contributed by atoms with Gasteiger partial charge in [0.2, 0.25) is 5.88 Å². The minimum atomic E-state index is 0.444. The normalized spacial score (nSPS) is 10.8. The second kappa shape index (κ2) is 7.68. The van der Waals surface area contributed by atoms with Crippen LogP contribution in [0.25, 0.3) is 5.65 Å². The fourth-order valence-electron chi connectivity index (χ4n) is 2.26. The fourth-order valence-corrected chi connectivity index (χ4v) is 2.26. The quantitative estimate of drug-likeness (QED) is 0.514. The van der Waals surface area contributed by atoms with Crippen molar-refractivity contribution in [2.75, 3.05) is 6.61 Å². The number of hydrogen-bond donors (Lipinski definition) is 0. The van der Waals surface area contributed by atoms with Gasteiger partial charge in [-0.25, -0.2) is 0 Å². The van der Waals surface area contributed by atoms with Crippen LogP contribution in [0.2, 0.25) is 0 Å². The maximum atomic E-state index is 11.2. The van der Waals surface area contributed by atoms with E-state index in [2.05, 4.69) is 11.9 Å². The zero-order valence-corrected chi connectivity index (χ0v) is 12.0. The Bertz CT molecular complexity index is 548. The fraction of sp³-hybridized carbons (Fsp3) is 0.500. The monoisotopic (exact) mass is 274 g/mol. The lowest BCUT2D eigenvalue weighted by Crippen LogP contribution is -2.00. The lowest BCUT2D eigenvalue weighted by molar-refractivity contribution is 0.111. The molecule has 0 aliphatic rings. The summed E-state index contributed by atoms with van der Waals surface area (Å²) in [5, 5.41) is 0. The average Bonchev–Trinajstić information content (AvgIpc) is 2.83. The molecule has 2 aromatic heterocycles. The number of carbonyl (C=O) groups excluding carboxylic acids is 1. The van der Waals surface area contributed by atoms with E-state index in [0.717, 1.165) is 18.4 Å². The summed E-state index contributed by atoms with van der Waals surface area (Å²) in [6.45, 7) is 2.84. The zero-order valence-electron chi connectivity index (χ0n) is 12.0. The highest BCUT2D eigenvalue weighted by molar-refractivity contribution is 5.78. The molecule has 0 saturated carbocycles. The van der Waals surface area contributed by atoms with E-state index in [1.807, 2.05) is 24.4 Å². The van der Waals surface area contributed by atoms with Gasteiger partial charge in [0.15, 0.2) is 6.29 Å². The smallest absolute Gasteiger partial charge is 0.243 e. The van der Waals surface area contributed by atoms with Crippen molar-refractivity contribution in [3.05, 3.63) is 30.1 Å². The van der Waals surface area contributed by atoms with Crippen LogP contribution in [-0.2, 0) is 0 Å². The molecule has 0 saturated heterocycles. The zero-order chi connectivity index (χ0) is 14.2. The second-order valence-electron chi connectivity index (χ2n) is 4.97. The van der Waals surface area contributed by atoms with Gasteiger partial charge < -0.3 is 4.74 Å². The Kier molecular flexibility index (Phi) is 5.59. The van der Waals surface area contributed by atoms with Crippen LogP contribution in [0.5, 0.6) is 5.88 Å². The van der Waals surface area contributed by atoms with Crippen molar-refractivity contribution in [3.63, 3.8) is 0 Å². The van der Waals surface area contributed by atoms with Crippen molar-refractivity contribution < 1.29 is 9.53 Å². The average molecular weight is 274 g/mol. The standard InChI is InChI=1S/C16H22N2O2/c1-2-3-4-5-6-9-12-20-16-14(13-19)18-11-8-7-10-15(18)17-16/h7-8,10-11,13H,2-6,9,12H2,1H3. The van der Waals surface area contributed by atoms with E-state index < -0.39 is 0 Å². The van der Waals surface area contributed by atoms with Gasteiger partial charge in [-0.05, 0) is 18.6 Å². The van der Waals surface area contributed by atoms with Crippen LogP contribution in [0.15, 0.2) is 24.4 Å². The van der Waals surface area contributed by atoms with Gasteiger partial charge in [-0.15, -0.1) is 0 Å². The Balaban J connectivity index is 1.85. The molecular formula is C16H22N2O2. The molecule has 0 atom stereocenters. The third-order valence-corrected chi connectivity index (χ3v) is 3.38. The summed E-state index contributed by atoms with van der Waals surface area (Å²) in [6.07, 6.45) is 9.93. The highest BCUT2D eigenvalue weighted by Crippen LogP contribution is 2.18. The molecule has 0 unspecified atom stereocenters. The highest BCUT2D eigenvalue weighted by Gasteiger charge is 2.11. The lowest BCUT2D eigenvalue weighted by Gasteiger charge is -2.03. The number of aromatic nitrogens is 2. The molecule has 0 aliphatic heterocycles. The van der Waals surface area contributed by atoms with Crippen LogP contribution in [0, 0.1) is 0 Å². The minimum Gasteiger partial charge on any atom is -0.476 e. The van der Waals surface area contributed by atoms with E-state index in [9.17, 15) is 4.79 Å². The van der Waals surface area contributed by atoms with Crippen LogP contribution in [0.1, 0.15) is 55.9 Å². The Morgan fingerprint density at radius 1 is 1.20 bits per heavy atom. The van der Waals surface area contributed by atoms with Crippen LogP contribution in [0.3, 0.4) is 0 Å². The van der Waals surface area contributed by atoms with Crippen molar-refractivity contribution in [3.8, 4) is 5.88 Å². The van der Waals surface area contributed by atoms with Gasteiger partial charge in [-0.1, -0.05) is 45.1 Å². The summed E-state index contributed by atoms with van der Waals surface area (Å²) < 4.78 is 7.41. The first kappa shape index (κ1) is 14.6. The third-order valence-electron chi connectivity index (χ3n) is 3.38. The van der Waals surface area contributed by atoms with E-state index in [0.29, 0.717) is 18.2 Å². The summed E-state index contributed by atoms with van der Waals surface area (Å²) >= 11 is 0. The number of imidazole rings is 1. The second-order valence-corrected chi connectivity index (χ2v) is 4.97. The van der Waals surface area contributed by atoms with Crippen molar-refractivity contribution in [2.24, 2.45) is 0 Å². The predicted octanol–water partition coefficient (Wildman–Crippen LogP) is 3.89. The topological polar surface area (TPSA) is 43.6 Å². The number of ether oxygens (including phenoxy) is 1. The number of pyridine rings is 1. The Morgan fingerprint density at radius 2 is 2.00 bits per heavy atom. The van der Waals surface area contributed by atoms with Gasteiger partial charge in [0.25, 0.3) is 0 Å². The van der Waals surface area contributed by atoms with E-state index in [-0.39, 0.29) is 0 Å². The summed E-state index contributed by atoms with van der Waals surface area (Å²) in [6, 6.07) is 5.64. The summed E-state index contributed by atoms with van der Waals surface area (Å²) in [5.74, 6) is 0.444. The number of rotatable bonds is 9. The molecule has 0 amide bonds. The Hall–Kier alpha value is -1.84. The molecule has 0 fully saturated rings. The Morgan fingerprint density at radius 3 is 2.80 bits per heavy atom. The molecule has 20 heavy (non-hydrogen) atoms. The van der Waals surface area contributed by atoms with Crippen molar-refractivity contribution in [1.29, 1.82) is 0 Å². The van der Waals surface area contributed by atoms with Gasteiger partial charge in [-0.3, -0.25) is 9.20 Å². The van der Waals surface area contributed by atoms with Gasteiger partial charge in [-0.2, -0.15) is 4.98 Å². The third kappa shape index (κ3) is 3.59. The molecular weight excluding hydrogens is 252 g/mol. The summed E-state index contributed by atoms with van der Waals surface area (Å²) in [7, 11) is 0. The lowest BCUT2D eigenvalue weighted by atomic mass is 10.1. The number of unbranched alkanes of at least 4 members (excludes halogenated alkanes) is 5. The van der Waals surface area contributed by atoms with E-state index in [4.69, 9.17) is 4.74 Å². The SMILES string of the molecule is CCCCCCCCOc1nc2ccccn2c1C=O. The van der Waals surface area contributed by atoms with Crippen LogP contribution in [-0.4, -0.2) is 22.3 Å². The van der Waals surface area contributed by atoms with Crippen LogP contribution >= 0.6 is 0 Å². The molecule has 0 aliphatic carbocycles. The van der Waals surface area contributed by atoms with Crippen LogP contribution < -0.4 is 4.74 Å². The number of fused-ring (bicyclic) bond motifs is 1. The van der Waals surface area contributed by atoms with Gasteiger partial charge in [0.1, 0.15) is 11.3 Å². The molecule has 0 N–H and O–H groups in total. The summed E-state index contributed by atoms with van der Waals surface area (Å²) in [5.41, 5.74) is 1.24. The molecule has 0 bridgehead atoms. The molecule has 0 spiro atoms. The van der Waals surface area contributed by atoms with E-state index in [1.165, 1.54) is 32.1 Å². The molecule has 2 rings (SSSR count). The van der Waals surface area contributed by atoms with E-state index in [1.54, 1.807) is 4.40 Å². The largest absolute Gasteiger partial charge is 0.476 e. The molecule has 4 nitrogen and oxygen atoms in total. The molecule has 2 heterocycles. The highest BCUT2D eigenvalue weighted by atomic mass is 16.5. The minimum absolute atomic E-state index is 0.444. The number of carbonyl (C=O) groups is 1. The maximum Gasteiger partial charge on any atom is 0.243 e. The predicted molar refractivity (Wildman–Crippen MR) is 79.5 cm³/mol. The molecule has 0 radical (unpaired) electrons. The summed E-state index contributed by atoms with van der Waals surface area (Å²) in [4.78, 5) is 15.5. The van der Waals surface area contributed by atoms with Crippen molar-refractivity contribution in [2.45, 2.75) is 45.4 Å². The first-order valence-corrected chi connectivity index (χ1v) is 7.42. The van der Waals surface area contributed by atoms with Gasteiger partial charge in [0.05, 0.1) is 6.61 Å². The van der Waals surface area contributed by atoms with E-state index >= 15 is 0 Å². The Labute approximate surface area is 119 Å². The molecule has 0 aromatic carbocycles. The maximum absolute atomic E-state index is 11.2. The van der Waals surface area contributed by atoms with Gasteiger partial charge in [0, 0.05) is 6.20 Å².